The summed E-state index contributed by atoms with van der Waals surface area (Å²) in [6.45, 7) is 8.05. The van der Waals surface area contributed by atoms with E-state index in [1.165, 1.54) is 5.69 Å². The van der Waals surface area contributed by atoms with Crippen molar-refractivity contribution >= 4 is 0 Å². The molecule has 0 aliphatic rings. The zero-order valence-electron chi connectivity index (χ0n) is 9.25. The maximum atomic E-state index is 9.08. The lowest BCUT2D eigenvalue weighted by atomic mass is 10.1. The molecule has 1 rings (SSSR count). The molecule has 1 aromatic rings. The molecule has 0 aliphatic heterocycles. The molecule has 0 unspecified atom stereocenters. The Morgan fingerprint density at radius 2 is 2.21 bits per heavy atom. The fourth-order valence-electron chi connectivity index (χ4n) is 1.30. The van der Waals surface area contributed by atoms with Crippen LogP contribution in [-0.4, -0.2) is 21.8 Å². The third-order valence-electron chi connectivity index (χ3n) is 2.41. The Kier molecular flexibility index (Phi) is 3.72. The van der Waals surface area contributed by atoms with E-state index in [2.05, 4.69) is 29.1 Å². The number of aliphatic hydroxyl groups excluding tert-OH is 1. The van der Waals surface area contributed by atoms with Crippen LogP contribution in [0.1, 0.15) is 26.5 Å². The van der Waals surface area contributed by atoms with Gasteiger partial charge in [-0.15, -0.1) is 0 Å². The minimum Gasteiger partial charge on any atom is -0.394 e. The van der Waals surface area contributed by atoms with Gasteiger partial charge in [0.25, 0.3) is 0 Å². The predicted octanol–water partition coefficient (Wildman–Crippen LogP) is 1.37. The van der Waals surface area contributed by atoms with Gasteiger partial charge in [0, 0.05) is 30.5 Å². The highest BCUT2D eigenvalue weighted by Gasteiger charge is 2.15. The number of aromatic nitrogens is 1. The molecule has 0 aromatic carbocycles. The zero-order chi connectivity index (χ0) is 10.6. The highest BCUT2D eigenvalue weighted by atomic mass is 16.3. The lowest BCUT2D eigenvalue weighted by molar-refractivity contribution is 0.186. The largest absolute Gasteiger partial charge is 0.394 e. The van der Waals surface area contributed by atoms with Crippen molar-refractivity contribution in [3.63, 3.8) is 0 Å². The average Bonchev–Trinajstić information content (AvgIpc) is 2.62. The molecule has 0 saturated carbocycles. The van der Waals surface area contributed by atoms with Crippen molar-refractivity contribution in [2.75, 3.05) is 6.61 Å². The Balaban J connectivity index is 2.53. The van der Waals surface area contributed by atoms with Crippen LogP contribution in [0, 0.1) is 0 Å². The molecule has 0 saturated heterocycles. The third kappa shape index (κ3) is 2.86. The fraction of sp³-hybridized carbons (Fsp3) is 0.636. The molecule has 0 atom stereocenters. The van der Waals surface area contributed by atoms with E-state index in [-0.39, 0.29) is 12.1 Å². The number of hydrogen-bond donors (Lipinski definition) is 2. The van der Waals surface area contributed by atoms with Crippen LogP contribution in [0.4, 0.5) is 0 Å². The quantitative estimate of drug-likeness (QED) is 0.746. The van der Waals surface area contributed by atoms with Gasteiger partial charge >= 0.3 is 0 Å². The lowest BCUT2D eigenvalue weighted by Gasteiger charge is -2.23. The minimum atomic E-state index is -0.206. The summed E-state index contributed by atoms with van der Waals surface area (Å²) in [5.41, 5.74) is 1.05. The van der Waals surface area contributed by atoms with E-state index in [0.717, 1.165) is 13.1 Å². The number of rotatable bonds is 5. The van der Waals surface area contributed by atoms with Crippen LogP contribution < -0.4 is 5.32 Å². The topological polar surface area (TPSA) is 37.2 Å². The molecule has 0 radical (unpaired) electrons. The maximum absolute atomic E-state index is 9.08. The van der Waals surface area contributed by atoms with Crippen LogP contribution in [0.5, 0.6) is 0 Å². The summed E-state index contributed by atoms with van der Waals surface area (Å²) in [5, 5.41) is 12.4. The Hall–Kier alpha value is -0.800. The summed E-state index contributed by atoms with van der Waals surface area (Å²) in [6.07, 6.45) is 2.07. The SMILES string of the molecule is CCn1cccc1CNC(C)(C)CO. The molecule has 14 heavy (non-hydrogen) atoms. The van der Waals surface area contributed by atoms with Crippen molar-refractivity contribution < 1.29 is 5.11 Å². The van der Waals surface area contributed by atoms with E-state index < -0.39 is 0 Å². The number of nitrogens with zero attached hydrogens (tertiary/aromatic N) is 1. The second-order valence-corrected chi connectivity index (χ2v) is 4.18. The van der Waals surface area contributed by atoms with Crippen LogP contribution in [0.2, 0.25) is 0 Å². The van der Waals surface area contributed by atoms with Gasteiger partial charge in [-0.25, -0.2) is 0 Å². The van der Waals surface area contributed by atoms with Crippen molar-refractivity contribution in [1.82, 2.24) is 9.88 Å². The van der Waals surface area contributed by atoms with E-state index >= 15 is 0 Å². The van der Waals surface area contributed by atoms with Gasteiger partial charge in [0.15, 0.2) is 0 Å². The van der Waals surface area contributed by atoms with E-state index in [1.807, 2.05) is 19.9 Å². The molecule has 3 nitrogen and oxygen atoms in total. The second kappa shape index (κ2) is 4.62. The smallest absolute Gasteiger partial charge is 0.0607 e. The maximum Gasteiger partial charge on any atom is 0.0607 e. The van der Waals surface area contributed by atoms with Gasteiger partial charge in [-0.1, -0.05) is 0 Å². The number of hydrogen-bond acceptors (Lipinski definition) is 2. The van der Waals surface area contributed by atoms with Crippen LogP contribution in [0.25, 0.3) is 0 Å². The Labute approximate surface area is 85.7 Å². The predicted molar refractivity (Wildman–Crippen MR) is 58.1 cm³/mol. The molecule has 3 heteroatoms. The fourth-order valence-corrected chi connectivity index (χ4v) is 1.30. The van der Waals surface area contributed by atoms with Crippen molar-refractivity contribution in [3.8, 4) is 0 Å². The summed E-state index contributed by atoms with van der Waals surface area (Å²) in [7, 11) is 0. The van der Waals surface area contributed by atoms with Gasteiger partial charge in [-0.05, 0) is 32.9 Å². The summed E-state index contributed by atoms with van der Waals surface area (Å²) >= 11 is 0. The van der Waals surface area contributed by atoms with Crippen LogP contribution in [-0.2, 0) is 13.1 Å². The standard InChI is InChI=1S/C11H20N2O/c1-4-13-7-5-6-10(13)8-12-11(2,3)9-14/h5-7,12,14H,4,8-9H2,1-3H3. The molecular formula is C11H20N2O. The summed E-state index contributed by atoms with van der Waals surface area (Å²) < 4.78 is 2.19. The van der Waals surface area contributed by atoms with Crippen LogP contribution in [0.3, 0.4) is 0 Å². The Bertz CT molecular complexity index is 279. The highest BCUT2D eigenvalue weighted by molar-refractivity contribution is 5.07. The van der Waals surface area contributed by atoms with Crippen LogP contribution in [0.15, 0.2) is 18.3 Å². The average molecular weight is 196 g/mol. The molecule has 0 aliphatic carbocycles. The van der Waals surface area contributed by atoms with Gasteiger partial charge in [-0.2, -0.15) is 0 Å². The zero-order valence-corrected chi connectivity index (χ0v) is 9.25. The molecule has 0 amide bonds. The first-order valence-electron chi connectivity index (χ1n) is 5.09. The van der Waals surface area contributed by atoms with Crippen molar-refractivity contribution in [1.29, 1.82) is 0 Å². The summed E-state index contributed by atoms with van der Waals surface area (Å²) in [5.74, 6) is 0. The molecular weight excluding hydrogens is 176 g/mol. The third-order valence-corrected chi connectivity index (χ3v) is 2.41. The van der Waals surface area contributed by atoms with Gasteiger partial charge in [-0.3, -0.25) is 0 Å². The van der Waals surface area contributed by atoms with Crippen LogP contribution >= 0.6 is 0 Å². The van der Waals surface area contributed by atoms with E-state index in [9.17, 15) is 0 Å². The first-order chi connectivity index (χ1) is 6.59. The van der Waals surface area contributed by atoms with Crippen molar-refractivity contribution in [2.45, 2.75) is 39.4 Å². The number of aliphatic hydroxyl groups is 1. The molecule has 2 N–H and O–H groups in total. The van der Waals surface area contributed by atoms with E-state index in [4.69, 9.17) is 5.11 Å². The van der Waals surface area contributed by atoms with Gasteiger partial charge in [0.2, 0.25) is 0 Å². The lowest BCUT2D eigenvalue weighted by Crippen LogP contribution is -2.42. The second-order valence-electron chi connectivity index (χ2n) is 4.18. The highest BCUT2D eigenvalue weighted by Crippen LogP contribution is 2.05. The number of nitrogens with one attached hydrogen (secondary N) is 1. The summed E-state index contributed by atoms with van der Waals surface area (Å²) in [6, 6.07) is 4.15. The minimum absolute atomic E-state index is 0.153. The molecule has 80 valence electrons. The van der Waals surface area contributed by atoms with Gasteiger partial charge in [0.05, 0.1) is 6.61 Å². The number of aryl methyl sites for hydroxylation is 1. The normalized spacial score (nSPS) is 12.0. The molecule has 0 spiro atoms. The summed E-state index contributed by atoms with van der Waals surface area (Å²) in [4.78, 5) is 0. The first kappa shape index (κ1) is 11.3. The van der Waals surface area contributed by atoms with Gasteiger partial charge < -0.3 is 15.0 Å². The first-order valence-corrected chi connectivity index (χ1v) is 5.09. The van der Waals surface area contributed by atoms with Crippen molar-refractivity contribution in [2.24, 2.45) is 0 Å². The molecule has 0 fully saturated rings. The monoisotopic (exact) mass is 196 g/mol. The molecule has 1 aromatic heterocycles. The van der Waals surface area contributed by atoms with Gasteiger partial charge in [0.1, 0.15) is 0 Å². The molecule has 0 bridgehead atoms. The van der Waals surface area contributed by atoms with Crippen molar-refractivity contribution in [3.05, 3.63) is 24.0 Å². The Morgan fingerprint density at radius 3 is 2.79 bits per heavy atom. The van der Waals surface area contributed by atoms with E-state index in [1.54, 1.807) is 0 Å². The molecule has 1 heterocycles. The Morgan fingerprint density at radius 1 is 1.50 bits per heavy atom. The van der Waals surface area contributed by atoms with E-state index in [0.29, 0.717) is 0 Å².